The van der Waals surface area contributed by atoms with Gasteiger partial charge in [0.05, 0.1) is 15.9 Å². The molecule has 1 N–H and O–H groups in total. The maximum atomic E-state index is 12.6. The highest BCUT2D eigenvalue weighted by atomic mass is 32.1. The van der Waals surface area contributed by atoms with Gasteiger partial charge in [0, 0.05) is 56.6 Å². The van der Waals surface area contributed by atoms with Crippen LogP contribution in [-0.4, -0.2) is 67.0 Å². The number of rotatable bonds is 6. The van der Waals surface area contributed by atoms with Gasteiger partial charge in [-0.2, -0.15) is 4.98 Å². The molecule has 5 heterocycles. The number of carbonyl (C=O) groups excluding carboxylic acids is 1. The quantitative estimate of drug-likeness (QED) is 0.378. The number of benzene rings is 1. The second-order valence-electron chi connectivity index (χ2n) is 8.94. The van der Waals surface area contributed by atoms with Gasteiger partial charge in [0.15, 0.2) is 5.82 Å². The number of aromatic nitrogens is 5. The number of aryl methyl sites for hydroxylation is 1. The smallest absolute Gasteiger partial charge is 0.264 e. The number of nitrogens with one attached hydrogen (secondary N) is 1. The lowest BCUT2D eigenvalue weighted by molar-refractivity contribution is 0.0633. The lowest BCUT2D eigenvalue weighted by atomic mass is 10.1. The fourth-order valence-corrected chi connectivity index (χ4v) is 5.20. The van der Waals surface area contributed by atoms with Gasteiger partial charge in [0.1, 0.15) is 5.82 Å². The Labute approximate surface area is 211 Å². The highest BCUT2D eigenvalue weighted by Crippen LogP contribution is 2.23. The predicted molar refractivity (Wildman–Crippen MR) is 137 cm³/mol. The summed E-state index contributed by atoms with van der Waals surface area (Å²) < 4.78 is 5.28. The number of thiophene rings is 1. The Kier molecular flexibility index (Phi) is 6.04. The van der Waals surface area contributed by atoms with E-state index < -0.39 is 0 Å². The van der Waals surface area contributed by atoms with Crippen molar-refractivity contribution in [3.8, 4) is 11.5 Å². The van der Waals surface area contributed by atoms with E-state index in [1.165, 1.54) is 16.9 Å². The van der Waals surface area contributed by atoms with Gasteiger partial charge in [-0.3, -0.25) is 14.7 Å². The van der Waals surface area contributed by atoms with E-state index in [0.29, 0.717) is 18.1 Å². The van der Waals surface area contributed by atoms with E-state index in [4.69, 9.17) is 9.51 Å². The van der Waals surface area contributed by atoms with Crippen LogP contribution in [0.25, 0.3) is 22.5 Å². The monoisotopic (exact) mass is 499 g/mol. The van der Waals surface area contributed by atoms with Gasteiger partial charge in [-0.15, -0.1) is 11.3 Å². The molecule has 0 bridgehead atoms. The van der Waals surface area contributed by atoms with Gasteiger partial charge in [-0.05, 0) is 54.3 Å². The molecule has 0 radical (unpaired) electrons. The van der Waals surface area contributed by atoms with Crippen molar-refractivity contribution in [1.82, 2.24) is 34.9 Å². The van der Waals surface area contributed by atoms with Crippen molar-refractivity contribution in [2.24, 2.45) is 0 Å². The molecule has 1 amide bonds. The van der Waals surface area contributed by atoms with E-state index in [1.54, 1.807) is 6.92 Å². The molecule has 1 fully saturated rings. The highest BCUT2D eigenvalue weighted by molar-refractivity contribution is 7.12. The van der Waals surface area contributed by atoms with Crippen molar-refractivity contribution < 1.29 is 9.32 Å². The van der Waals surface area contributed by atoms with Crippen LogP contribution in [0.2, 0.25) is 0 Å². The van der Waals surface area contributed by atoms with Crippen molar-refractivity contribution in [2.75, 3.05) is 26.2 Å². The molecule has 4 aromatic heterocycles. The fraction of sp³-hybridized carbons (Fsp3) is 0.269. The number of hydrogen-bond acceptors (Lipinski definition) is 8. The molecule has 1 saturated heterocycles. The van der Waals surface area contributed by atoms with Gasteiger partial charge < -0.3 is 14.4 Å². The molecule has 1 aromatic carbocycles. The zero-order valence-electron chi connectivity index (χ0n) is 19.8. The average Bonchev–Trinajstić information content (AvgIpc) is 3.65. The second kappa shape index (κ2) is 9.63. The molecule has 5 aromatic rings. The zero-order valence-corrected chi connectivity index (χ0v) is 20.7. The van der Waals surface area contributed by atoms with Crippen molar-refractivity contribution in [1.29, 1.82) is 0 Å². The maximum absolute atomic E-state index is 12.6. The minimum atomic E-state index is 0.140. The largest absolute Gasteiger partial charge is 0.342 e. The van der Waals surface area contributed by atoms with Crippen LogP contribution >= 0.6 is 11.3 Å². The van der Waals surface area contributed by atoms with Crippen LogP contribution in [0.4, 0.5) is 0 Å². The molecule has 0 unspecified atom stereocenters. The van der Waals surface area contributed by atoms with E-state index in [-0.39, 0.29) is 5.91 Å². The zero-order chi connectivity index (χ0) is 24.5. The van der Waals surface area contributed by atoms with E-state index in [1.807, 2.05) is 46.8 Å². The molecular weight excluding hydrogens is 474 g/mol. The molecular formula is C26H25N7O2S. The van der Waals surface area contributed by atoms with Crippen LogP contribution in [0.1, 0.15) is 32.6 Å². The Bertz CT molecular complexity index is 1500. The Morgan fingerprint density at radius 1 is 1.11 bits per heavy atom. The first kappa shape index (κ1) is 22.6. The number of amides is 1. The van der Waals surface area contributed by atoms with Crippen LogP contribution in [-0.2, 0) is 13.0 Å². The second-order valence-corrected chi connectivity index (χ2v) is 9.89. The first-order valence-electron chi connectivity index (χ1n) is 11.9. The lowest BCUT2D eigenvalue weighted by Gasteiger charge is -2.34. The van der Waals surface area contributed by atoms with Gasteiger partial charge in [0.2, 0.25) is 0 Å². The topological polar surface area (TPSA) is 104 Å². The summed E-state index contributed by atoms with van der Waals surface area (Å²) in [6.45, 7) is 5.86. The van der Waals surface area contributed by atoms with Gasteiger partial charge in [0.25, 0.3) is 11.8 Å². The van der Waals surface area contributed by atoms with E-state index in [2.05, 4.69) is 37.1 Å². The molecule has 10 heteroatoms. The first-order chi connectivity index (χ1) is 17.6. The number of fused-ring (bicyclic) bond motifs is 1. The Balaban J connectivity index is 1.09. The number of pyridine rings is 1. The van der Waals surface area contributed by atoms with Gasteiger partial charge in [-0.25, -0.2) is 4.98 Å². The number of imidazole rings is 1. The summed E-state index contributed by atoms with van der Waals surface area (Å²) in [6, 6.07) is 13.9. The number of hydrogen-bond donors (Lipinski definition) is 1. The minimum absolute atomic E-state index is 0.140. The summed E-state index contributed by atoms with van der Waals surface area (Å²) in [7, 11) is 0. The Hall–Kier alpha value is -3.89. The van der Waals surface area contributed by atoms with E-state index >= 15 is 0 Å². The summed E-state index contributed by atoms with van der Waals surface area (Å²) in [5.41, 5.74) is 4.84. The molecule has 9 nitrogen and oxygen atoms in total. The van der Waals surface area contributed by atoms with Crippen LogP contribution in [0.15, 0.2) is 58.6 Å². The molecule has 1 aliphatic heterocycles. The van der Waals surface area contributed by atoms with Crippen molar-refractivity contribution in [3.05, 3.63) is 81.8 Å². The highest BCUT2D eigenvalue weighted by Gasteiger charge is 2.22. The summed E-state index contributed by atoms with van der Waals surface area (Å²) in [6.07, 6.45) is 2.47. The van der Waals surface area contributed by atoms with Crippen LogP contribution in [0.3, 0.4) is 0 Å². The van der Waals surface area contributed by atoms with E-state index in [9.17, 15) is 4.79 Å². The normalized spacial score (nSPS) is 14.5. The van der Waals surface area contributed by atoms with Crippen LogP contribution < -0.4 is 0 Å². The van der Waals surface area contributed by atoms with Crippen molar-refractivity contribution in [2.45, 2.75) is 19.9 Å². The molecule has 1 aliphatic rings. The third-order valence-corrected chi connectivity index (χ3v) is 7.19. The van der Waals surface area contributed by atoms with Crippen molar-refractivity contribution in [3.63, 3.8) is 0 Å². The average molecular weight is 500 g/mol. The predicted octanol–water partition coefficient (Wildman–Crippen LogP) is 3.93. The summed E-state index contributed by atoms with van der Waals surface area (Å²) in [4.78, 5) is 34.7. The SMILES string of the molecule is Cc1noc(-c2ccc3nc(Cc4cc(CN5CCN(C(=O)c6cccs6)CC5)ccn4)[nH]c3c2)n1. The maximum Gasteiger partial charge on any atom is 0.264 e. The number of carbonyl (C=O) groups is 1. The lowest BCUT2D eigenvalue weighted by Crippen LogP contribution is -2.48. The number of aromatic amines is 1. The molecule has 36 heavy (non-hydrogen) atoms. The van der Waals surface area contributed by atoms with Crippen LogP contribution in [0.5, 0.6) is 0 Å². The summed E-state index contributed by atoms with van der Waals surface area (Å²) in [5, 5.41) is 5.81. The first-order valence-corrected chi connectivity index (χ1v) is 12.8. The van der Waals surface area contributed by atoms with E-state index in [0.717, 1.165) is 65.7 Å². The molecule has 0 aliphatic carbocycles. The van der Waals surface area contributed by atoms with Gasteiger partial charge >= 0.3 is 0 Å². The molecule has 0 saturated carbocycles. The Morgan fingerprint density at radius 2 is 2.00 bits per heavy atom. The fourth-order valence-electron chi connectivity index (χ4n) is 4.51. The Morgan fingerprint density at radius 3 is 2.78 bits per heavy atom. The summed E-state index contributed by atoms with van der Waals surface area (Å²) >= 11 is 1.50. The minimum Gasteiger partial charge on any atom is -0.342 e. The van der Waals surface area contributed by atoms with Crippen LogP contribution in [0, 0.1) is 6.92 Å². The third kappa shape index (κ3) is 4.77. The molecule has 182 valence electrons. The van der Waals surface area contributed by atoms with Gasteiger partial charge in [-0.1, -0.05) is 11.2 Å². The third-order valence-electron chi connectivity index (χ3n) is 6.33. The number of H-pyrrole nitrogens is 1. The molecule has 0 spiro atoms. The molecule has 0 atom stereocenters. The standard InChI is InChI=1S/C26H25N7O2S/c1-17-28-25(35-31-17)19-4-5-21-22(14-19)30-24(29-21)15-20-13-18(6-7-27-20)16-32-8-10-33(11-9-32)26(34)23-3-2-12-36-23/h2-7,12-14H,8-11,15-16H2,1H3,(H,29,30). The number of piperazine rings is 1. The summed E-state index contributed by atoms with van der Waals surface area (Å²) in [5.74, 6) is 2.10. The number of nitrogens with zero attached hydrogens (tertiary/aromatic N) is 6. The van der Waals surface area contributed by atoms with Crippen molar-refractivity contribution >= 4 is 28.3 Å². The molecule has 6 rings (SSSR count).